The fourth-order valence-corrected chi connectivity index (χ4v) is 2.96. The number of benzene rings is 3. The molecule has 3 aromatic carbocycles. The standard InChI is InChI=1S/C24H19FN4O/c1-17-7-9-19(10-8-17)24(30)27-26-15-20-16-29(22-5-3-2-4-6-22)28-23(20)18-11-13-21(25)14-12-18/h2-16H,1H3,(H,27,30)/b26-15-. The first kappa shape index (κ1) is 19.3. The minimum Gasteiger partial charge on any atom is -0.267 e. The number of nitrogens with one attached hydrogen (secondary N) is 1. The third-order valence-electron chi connectivity index (χ3n) is 4.56. The van der Waals surface area contributed by atoms with Crippen molar-refractivity contribution in [2.45, 2.75) is 6.92 Å². The summed E-state index contributed by atoms with van der Waals surface area (Å²) in [6.45, 7) is 1.96. The fourth-order valence-electron chi connectivity index (χ4n) is 2.96. The molecule has 0 aliphatic heterocycles. The minimum atomic E-state index is -0.318. The zero-order valence-corrected chi connectivity index (χ0v) is 16.3. The number of halogens is 1. The fraction of sp³-hybridized carbons (Fsp3) is 0.0417. The van der Waals surface area contributed by atoms with Gasteiger partial charge in [-0.05, 0) is 55.5 Å². The van der Waals surface area contributed by atoms with Crippen molar-refractivity contribution in [2.24, 2.45) is 5.10 Å². The van der Waals surface area contributed by atoms with Gasteiger partial charge in [-0.3, -0.25) is 4.79 Å². The van der Waals surface area contributed by atoms with E-state index < -0.39 is 0 Å². The summed E-state index contributed by atoms with van der Waals surface area (Å²) >= 11 is 0. The first-order valence-electron chi connectivity index (χ1n) is 9.41. The highest BCUT2D eigenvalue weighted by molar-refractivity contribution is 5.95. The third-order valence-corrected chi connectivity index (χ3v) is 4.56. The number of para-hydroxylation sites is 1. The van der Waals surface area contributed by atoms with Gasteiger partial charge in [-0.15, -0.1) is 0 Å². The van der Waals surface area contributed by atoms with Crippen molar-refractivity contribution in [1.82, 2.24) is 15.2 Å². The van der Waals surface area contributed by atoms with Gasteiger partial charge in [-0.1, -0.05) is 35.9 Å². The lowest BCUT2D eigenvalue weighted by atomic mass is 10.1. The maximum atomic E-state index is 13.4. The van der Waals surface area contributed by atoms with Gasteiger partial charge in [-0.25, -0.2) is 14.5 Å². The molecule has 1 N–H and O–H groups in total. The zero-order chi connectivity index (χ0) is 20.9. The van der Waals surface area contributed by atoms with E-state index >= 15 is 0 Å². The second-order valence-corrected chi connectivity index (χ2v) is 6.79. The normalized spacial score (nSPS) is 11.0. The molecule has 148 valence electrons. The molecule has 0 saturated heterocycles. The second-order valence-electron chi connectivity index (χ2n) is 6.79. The summed E-state index contributed by atoms with van der Waals surface area (Å²) in [5, 5.41) is 8.74. The van der Waals surface area contributed by atoms with Crippen LogP contribution in [0, 0.1) is 12.7 Å². The van der Waals surface area contributed by atoms with Crippen molar-refractivity contribution >= 4 is 12.1 Å². The van der Waals surface area contributed by atoms with E-state index in [1.807, 2.05) is 55.6 Å². The quantitative estimate of drug-likeness (QED) is 0.390. The monoisotopic (exact) mass is 398 g/mol. The lowest BCUT2D eigenvalue weighted by Crippen LogP contribution is -2.17. The van der Waals surface area contributed by atoms with Crippen LogP contribution in [0.4, 0.5) is 4.39 Å². The third kappa shape index (κ3) is 4.33. The summed E-state index contributed by atoms with van der Waals surface area (Å²) in [5.74, 6) is -0.619. The van der Waals surface area contributed by atoms with Crippen LogP contribution < -0.4 is 5.43 Å². The highest BCUT2D eigenvalue weighted by Gasteiger charge is 2.12. The van der Waals surface area contributed by atoms with Crippen molar-refractivity contribution < 1.29 is 9.18 Å². The maximum Gasteiger partial charge on any atom is 0.271 e. The summed E-state index contributed by atoms with van der Waals surface area (Å²) < 4.78 is 15.1. The van der Waals surface area contributed by atoms with Crippen molar-refractivity contribution in [2.75, 3.05) is 0 Å². The van der Waals surface area contributed by atoms with Crippen LogP contribution in [0.1, 0.15) is 21.5 Å². The van der Waals surface area contributed by atoms with E-state index in [-0.39, 0.29) is 11.7 Å². The molecule has 0 fully saturated rings. The molecule has 1 amide bonds. The van der Waals surface area contributed by atoms with E-state index in [1.165, 1.54) is 18.3 Å². The Kier molecular flexibility index (Phi) is 5.48. The smallest absolute Gasteiger partial charge is 0.267 e. The molecular formula is C24H19FN4O. The van der Waals surface area contributed by atoms with E-state index in [4.69, 9.17) is 0 Å². The van der Waals surface area contributed by atoms with E-state index in [0.29, 0.717) is 16.8 Å². The molecule has 4 rings (SSSR count). The van der Waals surface area contributed by atoms with Crippen molar-refractivity contribution in [3.63, 3.8) is 0 Å². The number of aryl methyl sites for hydroxylation is 1. The largest absolute Gasteiger partial charge is 0.271 e. The van der Waals surface area contributed by atoms with Gasteiger partial charge in [0.05, 0.1) is 11.9 Å². The van der Waals surface area contributed by atoms with Crippen molar-refractivity contribution in [3.8, 4) is 16.9 Å². The van der Waals surface area contributed by atoms with Crippen LogP contribution in [-0.2, 0) is 0 Å². The summed E-state index contributed by atoms with van der Waals surface area (Å²) in [6, 6.07) is 23.0. The van der Waals surface area contributed by atoms with E-state index in [9.17, 15) is 9.18 Å². The van der Waals surface area contributed by atoms with E-state index in [1.54, 1.807) is 28.9 Å². The van der Waals surface area contributed by atoms with Crippen LogP contribution in [-0.4, -0.2) is 21.9 Å². The number of rotatable bonds is 5. The van der Waals surface area contributed by atoms with Crippen LogP contribution in [0.25, 0.3) is 16.9 Å². The highest BCUT2D eigenvalue weighted by atomic mass is 19.1. The van der Waals surface area contributed by atoms with Crippen molar-refractivity contribution in [3.05, 3.63) is 108 Å². The lowest BCUT2D eigenvalue weighted by molar-refractivity contribution is 0.0955. The number of carbonyl (C=O) groups is 1. The van der Waals surface area contributed by atoms with Crippen LogP contribution in [0.3, 0.4) is 0 Å². The number of amides is 1. The summed E-state index contributed by atoms with van der Waals surface area (Å²) in [5.41, 5.74) is 7.09. The van der Waals surface area contributed by atoms with Crippen LogP contribution in [0.2, 0.25) is 0 Å². The Hall–Kier alpha value is -4.06. The number of aromatic nitrogens is 2. The van der Waals surface area contributed by atoms with Crippen LogP contribution in [0.15, 0.2) is 90.2 Å². The second kappa shape index (κ2) is 8.53. The summed E-state index contributed by atoms with van der Waals surface area (Å²) in [7, 11) is 0. The Morgan fingerprint density at radius 3 is 2.40 bits per heavy atom. The molecular weight excluding hydrogens is 379 g/mol. The van der Waals surface area contributed by atoms with Gasteiger partial charge >= 0.3 is 0 Å². The van der Waals surface area contributed by atoms with Gasteiger partial charge in [0, 0.05) is 22.9 Å². The Bertz CT molecular complexity index is 1180. The molecule has 0 spiro atoms. The van der Waals surface area contributed by atoms with Gasteiger partial charge in [0.2, 0.25) is 0 Å². The molecule has 0 aliphatic rings. The number of hydrogen-bond donors (Lipinski definition) is 1. The van der Waals surface area contributed by atoms with Gasteiger partial charge in [0.1, 0.15) is 11.5 Å². The van der Waals surface area contributed by atoms with Gasteiger partial charge in [-0.2, -0.15) is 10.2 Å². The molecule has 0 saturated carbocycles. The zero-order valence-electron chi connectivity index (χ0n) is 16.3. The molecule has 30 heavy (non-hydrogen) atoms. The summed E-state index contributed by atoms with van der Waals surface area (Å²) in [6.07, 6.45) is 3.35. The molecule has 6 heteroatoms. The molecule has 0 aliphatic carbocycles. The molecule has 4 aromatic rings. The number of hydrogen-bond acceptors (Lipinski definition) is 3. The van der Waals surface area contributed by atoms with Gasteiger partial charge in [0.15, 0.2) is 0 Å². The first-order valence-corrected chi connectivity index (χ1v) is 9.41. The molecule has 5 nitrogen and oxygen atoms in total. The molecule has 1 heterocycles. The predicted octanol–water partition coefficient (Wildman–Crippen LogP) is 4.75. The number of nitrogens with zero attached hydrogens (tertiary/aromatic N) is 3. The molecule has 0 radical (unpaired) electrons. The Balaban J connectivity index is 1.63. The summed E-state index contributed by atoms with van der Waals surface area (Å²) in [4.78, 5) is 12.3. The highest BCUT2D eigenvalue weighted by Crippen LogP contribution is 2.23. The molecule has 0 atom stereocenters. The average molecular weight is 398 g/mol. The van der Waals surface area contributed by atoms with Crippen LogP contribution >= 0.6 is 0 Å². The topological polar surface area (TPSA) is 59.3 Å². The number of carbonyl (C=O) groups excluding carboxylic acids is 1. The predicted molar refractivity (Wildman–Crippen MR) is 115 cm³/mol. The minimum absolute atomic E-state index is 0.301. The Labute approximate surface area is 173 Å². The van der Waals surface area contributed by atoms with E-state index in [0.717, 1.165) is 16.8 Å². The van der Waals surface area contributed by atoms with Gasteiger partial charge < -0.3 is 0 Å². The SMILES string of the molecule is Cc1ccc(C(=O)N/N=C\c2cn(-c3ccccc3)nc2-c2ccc(F)cc2)cc1. The number of hydrazone groups is 1. The van der Waals surface area contributed by atoms with Gasteiger partial charge in [0.25, 0.3) is 5.91 Å². The average Bonchev–Trinajstić information content (AvgIpc) is 3.19. The first-order chi connectivity index (χ1) is 14.6. The van der Waals surface area contributed by atoms with Crippen molar-refractivity contribution in [1.29, 1.82) is 0 Å². The Morgan fingerprint density at radius 1 is 1.00 bits per heavy atom. The van der Waals surface area contributed by atoms with E-state index in [2.05, 4.69) is 15.6 Å². The molecule has 0 bridgehead atoms. The lowest BCUT2D eigenvalue weighted by Gasteiger charge is -2.01. The van der Waals surface area contributed by atoms with Crippen LogP contribution in [0.5, 0.6) is 0 Å². The Morgan fingerprint density at radius 2 is 1.70 bits per heavy atom. The maximum absolute atomic E-state index is 13.4. The molecule has 1 aromatic heterocycles. The molecule has 0 unspecified atom stereocenters.